The first-order valence-corrected chi connectivity index (χ1v) is 8.97. The molecule has 0 saturated carbocycles. The summed E-state index contributed by atoms with van der Waals surface area (Å²) in [7, 11) is 3.15. The molecule has 4 rings (SSSR count). The number of amides is 1. The first kappa shape index (κ1) is 19.4. The molecule has 152 valence electrons. The molecule has 8 heteroatoms. The summed E-state index contributed by atoms with van der Waals surface area (Å²) in [5, 5.41) is 9.95. The van der Waals surface area contributed by atoms with Crippen LogP contribution in [-0.4, -0.2) is 30.3 Å². The smallest absolute Gasteiger partial charge is 0.262 e. The fraction of sp³-hybridized carbons (Fsp3) is 0.0909. The molecule has 0 fully saturated rings. The van der Waals surface area contributed by atoms with E-state index >= 15 is 0 Å². The molecule has 0 atom stereocenters. The SMILES string of the molecule is COc1ccc(-c2ccc3c(NC(=O)c4c(F)cccc4F)n[nH]c3c2)c(OC)c1. The number of nitrogens with zero attached hydrogens (tertiary/aromatic N) is 1. The molecule has 1 aromatic heterocycles. The Morgan fingerprint density at radius 1 is 1.00 bits per heavy atom. The summed E-state index contributed by atoms with van der Waals surface area (Å²) in [5.41, 5.74) is 1.67. The quantitative estimate of drug-likeness (QED) is 0.498. The number of aromatic nitrogens is 2. The Balaban J connectivity index is 1.67. The van der Waals surface area contributed by atoms with Gasteiger partial charge in [0.15, 0.2) is 5.82 Å². The maximum Gasteiger partial charge on any atom is 0.262 e. The van der Waals surface area contributed by atoms with Crippen LogP contribution in [0, 0.1) is 11.6 Å². The number of carbonyl (C=O) groups is 1. The number of methoxy groups -OCH3 is 2. The van der Waals surface area contributed by atoms with Gasteiger partial charge in [0.25, 0.3) is 5.91 Å². The van der Waals surface area contributed by atoms with E-state index < -0.39 is 23.1 Å². The third-order valence-electron chi connectivity index (χ3n) is 4.70. The molecule has 2 N–H and O–H groups in total. The van der Waals surface area contributed by atoms with Crippen LogP contribution in [0.2, 0.25) is 0 Å². The van der Waals surface area contributed by atoms with Crippen molar-refractivity contribution in [2.45, 2.75) is 0 Å². The molecule has 3 aromatic carbocycles. The zero-order chi connectivity index (χ0) is 21.3. The standard InChI is InChI=1S/C22H17F2N3O3/c1-29-13-7-9-14(19(11-13)30-2)12-6-8-15-18(10-12)26-27-21(15)25-22(28)20-16(23)4-3-5-17(20)24/h3-11H,1-2H3,(H2,25,26,27,28). The molecular weight excluding hydrogens is 392 g/mol. The number of fused-ring (bicyclic) bond motifs is 1. The molecule has 0 aliphatic carbocycles. The molecule has 30 heavy (non-hydrogen) atoms. The van der Waals surface area contributed by atoms with Gasteiger partial charge in [0, 0.05) is 17.0 Å². The van der Waals surface area contributed by atoms with Gasteiger partial charge in [-0.3, -0.25) is 9.89 Å². The lowest BCUT2D eigenvalue weighted by atomic mass is 10.0. The van der Waals surface area contributed by atoms with Crippen LogP contribution in [0.15, 0.2) is 54.6 Å². The second-order valence-electron chi connectivity index (χ2n) is 6.45. The number of nitrogens with one attached hydrogen (secondary N) is 2. The van der Waals surface area contributed by atoms with E-state index in [-0.39, 0.29) is 5.82 Å². The summed E-state index contributed by atoms with van der Waals surface area (Å²) >= 11 is 0. The number of H-pyrrole nitrogens is 1. The summed E-state index contributed by atoms with van der Waals surface area (Å²) < 4.78 is 38.4. The van der Waals surface area contributed by atoms with Gasteiger partial charge >= 0.3 is 0 Å². The Hall–Kier alpha value is -3.94. The minimum atomic E-state index is -0.943. The third kappa shape index (κ3) is 3.43. The Kier molecular flexibility index (Phi) is 5.05. The summed E-state index contributed by atoms with van der Waals surface area (Å²) in [4.78, 5) is 12.4. The first-order chi connectivity index (χ1) is 14.5. The third-order valence-corrected chi connectivity index (χ3v) is 4.70. The zero-order valence-electron chi connectivity index (χ0n) is 16.1. The highest BCUT2D eigenvalue weighted by molar-refractivity contribution is 6.08. The summed E-state index contributed by atoms with van der Waals surface area (Å²) in [6.07, 6.45) is 0. The first-order valence-electron chi connectivity index (χ1n) is 8.97. The van der Waals surface area contributed by atoms with Crippen LogP contribution in [0.25, 0.3) is 22.0 Å². The van der Waals surface area contributed by atoms with Crippen LogP contribution in [0.5, 0.6) is 11.5 Å². The maximum atomic E-state index is 13.9. The van der Waals surface area contributed by atoms with Crippen molar-refractivity contribution in [1.82, 2.24) is 10.2 Å². The van der Waals surface area contributed by atoms with Gasteiger partial charge in [-0.1, -0.05) is 12.1 Å². The number of ether oxygens (including phenoxy) is 2. The molecule has 0 aliphatic heterocycles. The molecule has 0 unspecified atom stereocenters. The van der Waals surface area contributed by atoms with Gasteiger partial charge in [0.1, 0.15) is 28.7 Å². The summed E-state index contributed by atoms with van der Waals surface area (Å²) in [6, 6.07) is 14.1. The molecule has 0 spiro atoms. The van der Waals surface area contributed by atoms with Crippen molar-refractivity contribution in [2.24, 2.45) is 0 Å². The zero-order valence-corrected chi connectivity index (χ0v) is 16.1. The van der Waals surface area contributed by atoms with Crippen molar-refractivity contribution in [3.63, 3.8) is 0 Å². The van der Waals surface area contributed by atoms with E-state index in [0.29, 0.717) is 22.4 Å². The van der Waals surface area contributed by atoms with E-state index in [1.54, 1.807) is 26.4 Å². The normalized spacial score (nSPS) is 10.8. The van der Waals surface area contributed by atoms with E-state index in [9.17, 15) is 13.6 Å². The van der Waals surface area contributed by atoms with Crippen LogP contribution in [0.1, 0.15) is 10.4 Å². The Labute approximate surface area is 170 Å². The molecule has 0 bridgehead atoms. The monoisotopic (exact) mass is 409 g/mol. The van der Waals surface area contributed by atoms with Crippen molar-refractivity contribution in [3.05, 3.63) is 71.8 Å². The molecule has 0 aliphatic rings. The van der Waals surface area contributed by atoms with Gasteiger partial charge in [0.05, 0.1) is 19.7 Å². The number of carbonyl (C=O) groups excluding carboxylic acids is 1. The molecule has 4 aromatic rings. The lowest BCUT2D eigenvalue weighted by molar-refractivity contribution is 0.101. The number of halogens is 2. The molecule has 1 amide bonds. The van der Waals surface area contributed by atoms with Gasteiger partial charge in [-0.05, 0) is 42.0 Å². The predicted molar refractivity (Wildman–Crippen MR) is 109 cm³/mol. The highest BCUT2D eigenvalue weighted by atomic mass is 19.1. The number of benzene rings is 3. The number of hydrogen-bond acceptors (Lipinski definition) is 4. The van der Waals surface area contributed by atoms with Crippen molar-refractivity contribution >= 4 is 22.6 Å². The second kappa shape index (κ2) is 7.82. The van der Waals surface area contributed by atoms with Crippen LogP contribution >= 0.6 is 0 Å². The van der Waals surface area contributed by atoms with Crippen molar-refractivity contribution < 1.29 is 23.0 Å². The predicted octanol–water partition coefficient (Wildman–Crippen LogP) is 4.78. The Morgan fingerprint density at radius 3 is 2.47 bits per heavy atom. The summed E-state index contributed by atoms with van der Waals surface area (Å²) in [5.74, 6) is -1.33. The van der Waals surface area contributed by atoms with Gasteiger partial charge in [-0.2, -0.15) is 5.10 Å². The summed E-state index contributed by atoms with van der Waals surface area (Å²) in [6.45, 7) is 0. The average molecular weight is 409 g/mol. The van der Waals surface area contributed by atoms with Crippen LogP contribution in [-0.2, 0) is 0 Å². The number of hydrogen-bond donors (Lipinski definition) is 2. The van der Waals surface area contributed by atoms with Crippen LogP contribution < -0.4 is 14.8 Å². The molecular formula is C22H17F2N3O3. The van der Waals surface area contributed by atoms with Gasteiger partial charge in [-0.15, -0.1) is 0 Å². The van der Waals surface area contributed by atoms with E-state index in [1.165, 1.54) is 6.07 Å². The lowest BCUT2D eigenvalue weighted by Gasteiger charge is -2.11. The second-order valence-corrected chi connectivity index (χ2v) is 6.45. The van der Waals surface area contributed by atoms with Crippen LogP contribution in [0.3, 0.4) is 0 Å². The van der Waals surface area contributed by atoms with E-state index in [2.05, 4.69) is 15.5 Å². The minimum Gasteiger partial charge on any atom is -0.497 e. The Morgan fingerprint density at radius 2 is 1.77 bits per heavy atom. The number of aromatic amines is 1. The average Bonchev–Trinajstić information content (AvgIpc) is 3.15. The van der Waals surface area contributed by atoms with Gasteiger partial charge in [0.2, 0.25) is 0 Å². The van der Waals surface area contributed by atoms with Gasteiger partial charge < -0.3 is 14.8 Å². The minimum absolute atomic E-state index is 0.172. The molecule has 6 nitrogen and oxygen atoms in total. The van der Waals surface area contributed by atoms with E-state index in [4.69, 9.17) is 9.47 Å². The highest BCUT2D eigenvalue weighted by Gasteiger charge is 2.19. The van der Waals surface area contributed by atoms with Crippen molar-refractivity contribution in [2.75, 3.05) is 19.5 Å². The molecule has 1 heterocycles. The number of anilines is 1. The maximum absolute atomic E-state index is 13.9. The molecule has 0 saturated heterocycles. The van der Waals surface area contributed by atoms with Crippen molar-refractivity contribution in [3.8, 4) is 22.6 Å². The van der Waals surface area contributed by atoms with Crippen molar-refractivity contribution in [1.29, 1.82) is 0 Å². The van der Waals surface area contributed by atoms with Gasteiger partial charge in [-0.25, -0.2) is 8.78 Å². The van der Waals surface area contributed by atoms with E-state index in [0.717, 1.165) is 23.3 Å². The fourth-order valence-corrected chi connectivity index (χ4v) is 3.20. The number of rotatable bonds is 5. The highest BCUT2D eigenvalue weighted by Crippen LogP contribution is 2.35. The molecule has 0 radical (unpaired) electrons. The fourth-order valence-electron chi connectivity index (χ4n) is 3.20. The largest absolute Gasteiger partial charge is 0.497 e. The van der Waals surface area contributed by atoms with Crippen LogP contribution in [0.4, 0.5) is 14.6 Å². The topological polar surface area (TPSA) is 76.2 Å². The Bertz CT molecular complexity index is 1230. The van der Waals surface area contributed by atoms with E-state index in [1.807, 2.05) is 24.3 Å². The lowest BCUT2D eigenvalue weighted by Crippen LogP contribution is -2.16.